The van der Waals surface area contributed by atoms with Crippen LogP contribution in [0.15, 0.2) is 60.7 Å². The van der Waals surface area contributed by atoms with Crippen molar-refractivity contribution in [1.29, 1.82) is 0 Å². The molecule has 0 saturated heterocycles. The Bertz CT molecular complexity index is 1040. The average Bonchev–Trinajstić information content (AvgIpc) is 2.77. The van der Waals surface area contributed by atoms with E-state index in [-0.39, 0.29) is 11.7 Å². The molecule has 0 aliphatic heterocycles. The third kappa shape index (κ3) is 5.01. The molecule has 2 aromatic carbocycles. The molecule has 4 heteroatoms. The summed E-state index contributed by atoms with van der Waals surface area (Å²) in [5.74, 6) is 0.147. The topological polar surface area (TPSA) is 50.3 Å². The highest BCUT2D eigenvalue weighted by Gasteiger charge is 2.11. The maximum Gasteiger partial charge on any atom is 0.253 e. The molecule has 3 rings (SSSR count). The van der Waals surface area contributed by atoms with Crippen LogP contribution in [-0.4, -0.2) is 35.2 Å². The summed E-state index contributed by atoms with van der Waals surface area (Å²) >= 11 is 0. The van der Waals surface area contributed by atoms with E-state index < -0.39 is 0 Å². The minimum atomic E-state index is 0.0176. The van der Waals surface area contributed by atoms with E-state index in [1.165, 1.54) is 0 Å². The fraction of sp³-hybridized carbons (Fsp3) is 0.269. The Morgan fingerprint density at radius 2 is 1.40 bits per heavy atom. The van der Waals surface area contributed by atoms with E-state index >= 15 is 0 Å². The summed E-state index contributed by atoms with van der Waals surface area (Å²) in [4.78, 5) is 31.0. The minimum absolute atomic E-state index is 0.0176. The number of aromatic nitrogens is 1. The molecule has 154 valence electrons. The lowest BCUT2D eigenvalue weighted by Gasteiger charge is -2.14. The predicted octanol–water partition coefficient (Wildman–Crippen LogP) is 5.27. The number of carbonyl (C=O) groups is 2. The monoisotopic (exact) mass is 400 g/mol. The Morgan fingerprint density at radius 3 is 1.93 bits per heavy atom. The van der Waals surface area contributed by atoms with Crippen LogP contribution in [0.5, 0.6) is 0 Å². The normalized spacial score (nSPS) is 10.7. The van der Waals surface area contributed by atoms with Crippen molar-refractivity contribution >= 4 is 11.7 Å². The molecule has 4 nitrogen and oxygen atoms in total. The predicted molar refractivity (Wildman–Crippen MR) is 121 cm³/mol. The molecule has 1 heterocycles. The molecule has 0 bridgehead atoms. The molecule has 0 atom stereocenters. The molecule has 1 aromatic heterocycles. The first kappa shape index (κ1) is 21.4. The van der Waals surface area contributed by atoms with Gasteiger partial charge in [0.05, 0.1) is 0 Å². The van der Waals surface area contributed by atoms with Crippen LogP contribution in [0.2, 0.25) is 0 Å². The quantitative estimate of drug-likeness (QED) is 0.508. The van der Waals surface area contributed by atoms with Gasteiger partial charge in [0.15, 0.2) is 5.78 Å². The third-order valence-electron chi connectivity index (χ3n) is 5.45. The van der Waals surface area contributed by atoms with Crippen LogP contribution >= 0.6 is 0 Å². The van der Waals surface area contributed by atoms with Gasteiger partial charge in [0.25, 0.3) is 5.91 Å². The third-order valence-corrected chi connectivity index (χ3v) is 5.45. The second-order valence-electron chi connectivity index (χ2n) is 7.59. The van der Waals surface area contributed by atoms with E-state index in [0.717, 1.165) is 28.1 Å². The van der Waals surface area contributed by atoms with Gasteiger partial charge < -0.3 is 4.90 Å². The first-order valence-electron chi connectivity index (χ1n) is 10.3. The second-order valence-corrected chi connectivity index (χ2v) is 7.59. The lowest BCUT2D eigenvalue weighted by molar-refractivity contribution is 0.0802. The number of ketones is 1. The van der Waals surface area contributed by atoms with E-state index in [1.54, 1.807) is 11.9 Å². The van der Waals surface area contributed by atoms with Crippen molar-refractivity contribution in [3.63, 3.8) is 0 Å². The number of nitrogens with zero attached hydrogens (tertiary/aromatic N) is 2. The maximum atomic E-state index is 12.6. The molecular weight excluding hydrogens is 372 g/mol. The largest absolute Gasteiger partial charge is 0.342 e. The van der Waals surface area contributed by atoms with Gasteiger partial charge in [0.1, 0.15) is 0 Å². The molecule has 0 saturated carbocycles. The molecule has 0 aliphatic carbocycles. The Balaban J connectivity index is 1.65. The number of Topliss-reactive ketones (excluding diaryl/α,β-unsaturated/α-hetero) is 1. The average molecular weight is 401 g/mol. The smallest absolute Gasteiger partial charge is 0.253 e. The van der Waals surface area contributed by atoms with Gasteiger partial charge >= 0.3 is 0 Å². The van der Waals surface area contributed by atoms with Gasteiger partial charge in [0.2, 0.25) is 0 Å². The number of hydrogen-bond acceptors (Lipinski definition) is 3. The number of amides is 1. The van der Waals surface area contributed by atoms with Gasteiger partial charge in [-0.2, -0.15) is 0 Å². The Morgan fingerprint density at radius 1 is 0.833 bits per heavy atom. The van der Waals surface area contributed by atoms with Gasteiger partial charge in [-0.05, 0) is 62.1 Å². The van der Waals surface area contributed by atoms with E-state index in [4.69, 9.17) is 0 Å². The highest BCUT2D eigenvalue weighted by molar-refractivity contribution is 5.97. The summed E-state index contributed by atoms with van der Waals surface area (Å²) in [6, 6.07) is 19.3. The van der Waals surface area contributed by atoms with Crippen molar-refractivity contribution in [1.82, 2.24) is 9.88 Å². The Hall–Kier alpha value is -3.27. The summed E-state index contributed by atoms with van der Waals surface area (Å²) in [6.45, 7) is 6.59. The number of rotatable bonds is 7. The van der Waals surface area contributed by atoms with Crippen LogP contribution < -0.4 is 0 Å². The van der Waals surface area contributed by atoms with Gasteiger partial charge in [0, 0.05) is 42.5 Å². The van der Waals surface area contributed by atoms with E-state index in [1.807, 2.05) is 75.4 Å². The molecule has 0 radical (unpaired) electrons. The summed E-state index contributed by atoms with van der Waals surface area (Å²) in [7, 11) is 1.79. The maximum absolute atomic E-state index is 12.6. The van der Waals surface area contributed by atoms with Crippen LogP contribution in [-0.2, 0) is 6.42 Å². The SMILES string of the molecule is CCN(C)C(=O)c1ccc(-c2ccc(C(=O)CCc3ccc(C)nc3C)cc2)cc1. The van der Waals surface area contributed by atoms with Crippen molar-refractivity contribution < 1.29 is 9.59 Å². The molecule has 0 aliphatic rings. The second kappa shape index (κ2) is 9.49. The van der Waals surface area contributed by atoms with Crippen molar-refractivity contribution in [2.45, 2.75) is 33.6 Å². The van der Waals surface area contributed by atoms with Crippen molar-refractivity contribution in [2.24, 2.45) is 0 Å². The van der Waals surface area contributed by atoms with Crippen molar-refractivity contribution in [3.05, 3.63) is 88.7 Å². The molecule has 1 amide bonds. The van der Waals surface area contributed by atoms with Crippen LogP contribution in [0.4, 0.5) is 0 Å². The first-order valence-corrected chi connectivity index (χ1v) is 10.3. The van der Waals surface area contributed by atoms with E-state index in [2.05, 4.69) is 11.1 Å². The molecule has 0 spiro atoms. The zero-order valence-electron chi connectivity index (χ0n) is 18.1. The number of hydrogen-bond donors (Lipinski definition) is 0. The summed E-state index contributed by atoms with van der Waals surface area (Å²) in [6.07, 6.45) is 1.16. The lowest BCUT2D eigenvalue weighted by Crippen LogP contribution is -2.26. The highest BCUT2D eigenvalue weighted by Crippen LogP contribution is 2.22. The number of pyridine rings is 1. The first-order chi connectivity index (χ1) is 14.4. The summed E-state index contributed by atoms with van der Waals surface area (Å²) < 4.78 is 0. The minimum Gasteiger partial charge on any atom is -0.342 e. The van der Waals surface area contributed by atoms with Crippen LogP contribution in [0, 0.1) is 13.8 Å². The van der Waals surface area contributed by atoms with Crippen LogP contribution in [0.3, 0.4) is 0 Å². The van der Waals surface area contributed by atoms with Gasteiger partial charge in [-0.3, -0.25) is 14.6 Å². The standard InChI is InChI=1S/C26H28N2O2/c1-5-28(4)26(30)24-14-10-22(11-15-24)21-8-12-23(13-9-21)25(29)17-16-20-7-6-18(2)27-19(20)3/h6-15H,5,16-17H2,1-4H3. The summed E-state index contributed by atoms with van der Waals surface area (Å²) in [5, 5.41) is 0. The van der Waals surface area contributed by atoms with E-state index in [9.17, 15) is 9.59 Å². The number of aryl methyl sites for hydroxylation is 3. The summed E-state index contributed by atoms with van der Waals surface area (Å²) in [5.41, 5.74) is 6.54. The highest BCUT2D eigenvalue weighted by atomic mass is 16.2. The van der Waals surface area contributed by atoms with Gasteiger partial charge in [-0.15, -0.1) is 0 Å². The lowest BCUT2D eigenvalue weighted by atomic mass is 9.98. The molecule has 0 N–H and O–H groups in total. The van der Waals surface area contributed by atoms with Crippen LogP contribution in [0.1, 0.15) is 51.0 Å². The number of carbonyl (C=O) groups excluding carboxylic acids is 2. The fourth-order valence-electron chi connectivity index (χ4n) is 3.39. The number of benzene rings is 2. The zero-order valence-corrected chi connectivity index (χ0v) is 18.1. The van der Waals surface area contributed by atoms with Gasteiger partial charge in [-0.25, -0.2) is 0 Å². The van der Waals surface area contributed by atoms with Crippen LogP contribution in [0.25, 0.3) is 11.1 Å². The molecule has 0 fully saturated rings. The van der Waals surface area contributed by atoms with Gasteiger partial charge in [-0.1, -0.05) is 42.5 Å². The van der Waals surface area contributed by atoms with Crippen molar-refractivity contribution in [3.8, 4) is 11.1 Å². The molecule has 30 heavy (non-hydrogen) atoms. The zero-order chi connectivity index (χ0) is 21.7. The molecule has 0 unspecified atom stereocenters. The Labute approximate surface area is 178 Å². The van der Waals surface area contributed by atoms with Crippen molar-refractivity contribution in [2.75, 3.05) is 13.6 Å². The Kier molecular flexibility index (Phi) is 6.78. The molecular formula is C26H28N2O2. The van der Waals surface area contributed by atoms with E-state index in [0.29, 0.717) is 30.5 Å². The molecule has 3 aromatic rings. The fourth-order valence-corrected chi connectivity index (χ4v) is 3.39.